The lowest BCUT2D eigenvalue weighted by molar-refractivity contribution is -0.107. The quantitative estimate of drug-likeness (QED) is 0.258. The molecule has 4 aromatic carbocycles. The van der Waals surface area contributed by atoms with Crippen molar-refractivity contribution >= 4 is 43.3 Å². The first-order chi connectivity index (χ1) is 15.4. The minimum absolute atomic E-state index is 0.281. The Hall–Kier alpha value is -2.59. The van der Waals surface area contributed by atoms with Crippen molar-refractivity contribution in [1.29, 1.82) is 0 Å². The van der Waals surface area contributed by atoms with Gasteiger partial charge in [0.25, 0.3) is 0 Å². The van der Waals surface area contributed by atoms with E-state index in [1.807, 2.05) is 0 Å². The molecule has 0 saturated heterocycles. The monoisotopic (exact) mass is 440 g/mol. The summed E-state index contributed by atoms with van der Waals surface area (Å²) < 4.78 is 0. The van der Waals surface area contributed by atoms with Gasteiger partial charge in [0, 0.05) is 6.42 Å². The highest BCUT2D eigenvalue weighted by atomic mass is 31.1. The highest BCUT2D eigenvalue weighted by Crippen LogP contribution is 2.47. The van der Waals surface area contributed by atoms with E-state index in [0.29, 0.717) is 6.42 Å². The molecular weight excluding hydrogens is 414 g/mol. The summed E-state index contributed by atoms with van der Waals surface area (Å²) in [5.41, 5.74) is 0.281. The maximum absolute atomic E-state index is 11.9. The van der Waals surface area contributed by atoms with E-state index in [9.17, 15) is 4.79 Å². The molecule has 1 nitrogen and oxygen atoms in total. The van der Waals surface area contributed by atoms with Gasteiger partial charge in [0.05, 0.1) is 0 Å². The summed E-state index contributed by atoms with van der Waals surface area (Å²) in [5, 5.41) is 5.42. The zero-order chi connectivity index (χ0) is 21.3. The van der Waals surface area contributed by atoms with E-state index in [4.69, 9.17) is 0 Å². The second-order valence-corrected chi connectivity index (χ2v) is 12.1. The first-order valence-corrected chi connectivity index (χ1v) is 13.5. The van der Waals surface area contributed by atoms with Crippen LogP contribution < -0.4 is 21.2 Å². The Morgan fingerprint density at radius 2 is 0.903 bits per heavy atom. The SMILES string of the molecule is O=CC[C@@H](CP(c1ccccc1)c1ccccc1)P(c1ccccc1)c1ccccc1. The van der Waals surface area contributed by atoms with Crippen LogP contribution in [0.1, 0.15) is 6.42 Å². The number of carbonyl (C=O) groups excluding carboxylic acids is 1. The molecular formula is C28H26OP2. The Labute approximate surface area is 187 Å². The molecule has 0 aromatic heterocycles. The Morgan fingerprint density at radius 1 is 0.548 bits per heavy atom. The Balaban J connectivity index is 1.77. The molecule has 0 aliphatic rings. The van der Waals surface area contributed by atoms with Crippen LogP contribution in [0.2, 0.25) is 0 Å². The van der Waals surface area contributed by atoms with Crippen LogP contribution in [0.4, 0.5) is 0 Å². The van der Waals surface area contributed by atoms with Crippen molar-refractivity contribution in [2.45, 2.75) is 12.1 Å². The molecule has 0 amide bonds. The first-order valence-electron chi connectivity index (χ1n) is 10.6. The van der Waals surface area contributed by atoms with Gasteiger partial charge in [0.2, 0.25) is 0 Å². The standard InChI is InChI=1S/C28H26OP2/c29-22-21-28(31(26-17-9-3-10-18-26)27-19-11-4-12-20-27)23-30(24-13-5-1-6-14-24)25-15-7-2-8-16-25/h1-20,22,28H,21,23H2/t28-/m0/s1. The van der Waals surface area contributed by atoms with Crippen LogP contribution in [0.25, 0.3) is 0 Å². The van der Waals surface area contributed by atoms with Gasteiger partial charge in [0.1, 0.15) is 6.29 Å². The van der Waals surface area contributed by atoms with Crippen molar-refractivity contribution in [3.8, 4) is 0 Å². The fraction of sp³-hybridized carbons (Fsp3) is 0.107. The highest BCUT2D eigenvalue weighted by Gasteiger charge is 2.28. The molecule has 0 heterocycles. The smallest absolute Gasteiger partial charge is 0.120 e. The second-order valence-electron chi connectivity index (χ2n) is 7.38. The Kier molecular flexibility index (Phi) is 7.78. The Bertz CT molecular complexity index is 974. The molecule has 154 valence electrons. The third kappa shape index (κ3) is 5.56. The molecule has 0 N–H and O–H groups in total. The Morgan fingerprint density at radius 3 is 1.26 bits per heavy atom. The predicted molar refractivity (Wildman–Crippen MR) is 137 cm³/mol. The van der Waals surface area contributed by atoms with E-state index >= 15 is 0 Å². The van der Waals surface area contributed by atoms with Crippen LogP contribution >= 0.6 is 15.8 Å². The van der Waals surface area contributed by atoms with Crippen molar-refractivity contribution in [2.75, 3.05) is 6.16 Å². The van der Waals surface area contributed by atoms with Gasteiger partial charge in [-0.2, -0.15) is 0 Å². The summed E-state index contributed by atoms with van der Waals surface area (Å²) in [4.78, 5) is 11.9. The van der Waals surface area contributed by atoms with E-state index in [1.165, 1.54) is 21.2 Å². The second kappa shape index (κ2) is 11.1. The molecule has 0 unspecified atom stereocenters. The van der Waals surface area contributed by atoms with Gasteiger partial charge in [-0.3, -0.25) is 0 Å². The lowest BCUT2D eigenvalue weighted by atomic mass is 10.3. The molecule has 3 heteroatoms. The van der Waals surface area contributed by atoms with Gasteiger partial charge in [-0.1, -0.05) is 121 Å². The predicted octanol–water partition coefficient (Wildman–Crippen LogP) is 5.21. The van der Waals surface area contributed by atoms with Crippen LogP contribution in [-0.4, -0.2) is 18.1 Å². The minimum atomic E-state index is -0.648. The molecule has 0 aliphatic heterocycles. The normalized spacial score (nSPS) is 12.1. The molecule has 0 bridgehead atoms. The van der Waals surface area contributed by atoms with E-state index in [0.717, 1.165) is 12.4 Å². The van der Waals surface area contributed by atoms with Crippen LogP contribution in [0, 0.1) is 0 Å². The van der Waals surface area contributed by atoms with Gasteiger partial charge in [-0.15, -0.1) is 0 Å². The van der Waals surface area contributed by atoms with Gasteiger partial charge in [-0.25, -0.2) is 0 Å². The van der Waals surface area contributed by atoms with E-state index in [1.54, 1.807) is 0 Å². The maximum Gasteiger partial charge on any atom is 0.120 e. The molecule has 31 heavy (non-hydrogen) atoms. The highest BCUT2D eigenvalue weighted by molar-refractivity contribution is 7.77. The average molecular weight is 440 g/mol. The molecule has 0 radical (unpaired) electrons. The lowest BCUT2D eigenvalue weighted by Gasteiger charge is -2.31. The third-order valence-electron chi connectivity index (χ3n) is 5.33. The number of carbonyl (C=O) groups is 1. The lowest BCUT2D eigenvalue weighted by Crippen LogP contribution is -2.28. The molecule has 0 fully saturated rings. The van der Waals surface area contributed by atoms with Crippen LogP contribution in [0.15, 0.2) is 121 Å². The molecule has 4 aromatic rings. The minimum Gasteiger partial charge on any atom is -0.303 e. The molecule has 0 saturated carbocycles. The van der Waals surface area contributed by atoms with E-state index < -0.39 is 15.8 Å². The number of hydrogen-bond acceptors (Lipinski definition) is 1. The van der Waals surface area contributed by atoms with Gasteiger partial charge >= 0.3 is 0 Å². The molecule has 4 rings (SSSR count). The summed E-state index contributed by atoms with van der Waals surface area (Å²) >= 11 is 0. The van der Waals surface area contributed by atoms with Crippen LogP contribution in [-0.2, 0) is 4.79 Å². The summed E-state index contributed by atoms with van der Waals surface area (Å²) in [6.45, 7) is 0. The topological polar surface area (TPSA) is 17.1 Å². The largest absolute Gasteiger partial charge is 0.303 e. The van der Waals surface area contributed by atoms with E-state index in [-0.39, 0.29) is 5.66 Å². The number of aldehydes is 1. The zero-order valence-corrected chi connectivity index (χ0v) is 19.2. The molecule has 0 spiro atoms. The third-order valence-corrected chi connectivity index (χ3v) is 11.1. The van der Waals surface area contributed by atoms with Crippen molar-refractivity contribution in [1.82, 2.24) is 0 Å². The first kappa shape index (κ1) is 21.6. The van der Waals surface area contributed by atoms with Crippen LogP contribution in [0.5, 0.6) is 0 Å². The number of hydrogen-bond donors (Lipinski definition) is 0. The van der Waals surface area contributed by atoms with Gasteiger partial charge in [-0.05, 0) is 48.9 Å². The number of benzene rings is 4. The molecule has 1 atom stereocenters. The fourth-order valence-corrected chi connectivity index (χ4v) is 9.83. The van der Waals surface area contributed by atoms with Crippen molar-refractivity contribution < 1.29 is 4.79 Å². The summed E-state index contributed by atoms with van der Waals surface area (Å²) in [7, 11) is -1.21. The molecule has 0 aliphatic carbocycles. The van der Waals surface area contributed by atoms with Crippen molar-refractivity contribution in [3.05, 3.63) is 121 Å². The van der Waals surface area contributed by atoms with Crippen molar-refractivity contribution in [2.24, 2.45) is 0 Å². The van der Waals surface area contributed by atoms with Crippen LogP contribution in [0.3, 0.4) is 0 Å². The van der Waals surface area contributed by atoms with Gasteiger partial charge < -0.3 is 4.79 Å². The van der Waals surface area contributed by atoms with Crippen molar-refractivity contribution in [3.63, 3.8) is 0 Å². The van der Waals surface area contributed by atoms with Gasteiger partial charge in [0.15, 0.2) is 0 Å². The summed E-state index contributed by atoms with van der Waals surface area (Å²) in [5.74, 6) is 0. The summed E-state index contributed by atoms with van der Waals surface area (Å²) in [6, 6.07) is 43.1. The summed E-state index contributed by atoms with van der Waals surface area (Å²) in [6.07, 6.45) is 2.70. The maximum atomic E-state index is 11.9. The average Bonchev–Trinajstić information content (AvgIpc) is 2.85. The van der Waals surface area contributed by atoms with E-state index in [2.05, 4.69) is 121 Å². The fourth-order valence-electron chi connectivity index (χ4n) is 3.91. The number of rotatable bonds is 9. The zero-order valence-electron chi connectivity index (χ0n) is 17.4.